The number of methoxy groups -OCH3 is 2. The van der Waals surface area contributed by atoms with E-state index in [1.54, 1.807) is 24.3 Å². The van der Waals surface area contributed by atoms with Gasteiger partial charge in [-0.05, 0) is 54.1 Å². The van der Waals surface area contributed by atoms with E-state index in [1.165, 1.54) is 26.4 Å². The van der Waals surface area contributed by atoms with Crippen molar-refractivity contribution in [1.29, 1.82) is 0 Å². The number of furan rings is 1. The van der Waals surface area contributed by atoms with Gasteiger partial charge in [0.15, 0.2) is 11.5 Å². The van der Waals surface area contributed by atoms with E-state index in [1.807, 2.05) is 0 Å². The molecule has 0 atom stereocenters. The van der Waals surface area contributed by atoms with E-state index in [0.29, 0.717) is 17.5 Å². The Balaban J connectivity index is 1.84. The monoisotopic (exact) mass is 429 g/mol. The van der Waals surface area contributed by atoms with Crippen LogP contribution >= 0.6 is 11.8 Å². The number of amides is 2. The Labute approximate surface area is 176 Å². The van der Waals surface area contributed by atoms with Gasteiger partial charge in [-0.3, -0.25) is 14.5 Å². The Kier molecular flexibility index (Phi) is 6.31. The molecule has 0 aliphatic carbocycles. The molecule has 0 saturated carbocycles. The molecule has 1 aliphatic rings. The quantitative estimate of drug-likeness (QED) is 0.403. The van der Waals surface area contributed by atoms with Crippen molar-refractivity contribution in [3.63, 3.8) is 0 Å². The Morgan fingerprint density at radius 2 is 2.07 bits per heavy atom. The zero-order chi connectivity index (χ0) is 21.8. The normalized spacial score (nSPS) is 15.0. The molecule has 1 saturated heterocycles. The van der Waals surface area contributed by atoms with Gasteiger partial charge in [-0.25, -0.2) is 4.79 Å². The Morgan fingerprint density at radius 3 is 2.73 bits per heavy atom. The summed E-state index contributed by atoms with van der Waals surface area (Å²) in [6.07, 6.45) is 3.60. The molecule has 2 heterocycles. The minimum atomic E-state index is -0.646. The van der Waals surface area contributed by atoms with Gasteiger partial charge >= 0.3 is 5.97 Å². The van der Waals surface area contributed by atoms with Gasteiger partial charge in [-0.1, -0.05) is 6.08 Å². The highest BCUT2D eigenvalue weighted by molar-refractivity contribution is 8.18. The molecule has 156 valence electrons. The van der Waals surface area contributed by atoms with E-state index in [-0.39, 0.29) is 34.5 Å². The molecule has 2 amide bonds. The number of thioether (sulfide) groups is 1. The first-order valence-corrected chi connectivity index (χ1v) is 9.62. The second kappa shape index (κ2) is 8.91. The predicted octanol–water partition coefficient (Wildman–Crippen LogP) is 3.75. The third kappa shape index (κ3) is 4.25. The summed E-state index contributed by atoms with van der Waals surface area (Å²) in [5.41, 5.74) is 1.18. The second-order valence-corrected chi connectivity index (χ2v) is 7.24. The van der Waals surface area contributed by atoms with E-state index >= 15 is 0 Å². The Morgan fingerprint density at radius 1 is 1.30 bits per heavy atom. The minimum Gasteiger partial charge on any atom is -0.504 e. The van der Waals surface area contributed by atoms with Crippen LogP contribution in [0.15, 0.2) is 46.2 Å². The predicted molar refractivity (Wildman–Crippen MR) is 110 cm³/mol. The highest BCUT2D eigenvalue weighted by atomic mass is 32.2. The van der Waals surface area contributed by atoms with Crippen molar-refractivity contribution in [3.8, 4) is 11.5 Å². The first-order chi connectivity index (χ1) is 14.4. The Hall–Kier alpha value is -3.46. The van der Waals surface area contributed by atoms with Crippen LogP contribution in [0.5, 0.6) is 11.5 Å². The van der Waals surface area contributed by atoms with Gasteiger partial charge in [-0.15, -0.1) is 6.58 Å². The van der Waals surface area contributed by atoms with Crippen molar-refractivity contribution < 1.29 is 33.4 Å². The molecule has 0 radical (unpaired) electrons. The van der Waals surface area contributed by atoms with Gasteiger partial charge in [0.05, 0.1) is 25.7 Å². The molecule has 1 fully saturated rings. The smallest absolute Gasteiger partial charge is 0.373 e. The lowest BCUT2D eigenvalue weighted by Gasteiger charge is -2.11. The summed E-state index contributed by atoms with van der Waals surface area (Å²) in [6.45, 7) is 3.55. The number of hydrogen-bond donors (Lipinski definition) is 1. The molecule has 1 aromatic carbocycles. The number of rotatable bonds is 7. The fourth-order valence-electron chi connectivity index (χ4n) is 2.86. The number of phenols is 1. The van der Waals surface area contributed by atoms with Crippen LogP contribution in [0.4, 0.5) is 4.79 Å². The number of benzene rings is 1. The van der Waals surface area contributed by atoms with E-state index in [4.69, 9.17) is 9.15 Å². The largest absolute Gasteiger partial charge is 0.504 e. The molecule has 9 heteroatoms. The van der Waals surface area contributed by atoms with Crippen LogP contribution in [0.1, 0.15) is 27.4 Å². The van der Waals surface area contributed by atoms with Crippen LogP contribution in [0.3, 0.4) is 0 Å². The number of nitrogens with zero attached hydrogens (tertiary/aromatic N) is 1. The summed E-state index contributed by atoms with van der Waals surface area (Å²) in [5.74, 6) is -0.614. The standard InChI is InChI=1S/C21H19NO7S/c1-4-5-13-8-12(9-16(27-2)18(13)23)10-17-19(24)22(21(26)30-17)11-14-6-7-15(29-14)20(25)28-3/h4,6-10,23H,1,5,11H2,2-3H3/b17-10+. The number of esters is 1. The zero-order valence-electron chi connectivity index (χ0n) is 16.3. The third-order valence-corrected chi connectivity index (χ3v) is 5.20. The Bertz CT molecular complexity index is 1050. The summed E-state index contributed by atoms with van der Waals surface area (Å²) in [5, 5.41) is 9.73. The molecule has 1 N–H and O–H groups in total. The SMILES string of the molecule is C=CCc1cc(/C=C2/SC(=O)N(Cc3ccc(C(=O)OC)o3)C2=O)cc(OC)c1O. The third-order valence-electron chi connectivity index (χ3n) is 4.29. The second-order valence-electron chi connectivity index (χ2n) is 6.25. The highest BCUT2D eigenvalue weighted by Crippen LogP contribution is 2.37. The van der Waals surface area contributed by atoms with Gasteiger partial charge < -0.3 is 19.0 Å². The van der Waals surface area contributed by atoms with Crippen LogP contribution in [-0.2, 0) is 22.5 Å². The number of aromatic hydroxyl groups is 1. The maximum absolute atomic E-state index is 12.7. The first kappa shape index (κ1) is 21.3. The van der Waals surface area contributed by atoms with Crippen molar-refractivity contribution >= 4 is 35.0 Å². The van der Waals surface area contributed by atoms with Crippen molar-refractivity contribution in [3.05, 3.63) is 64.5 Å². The number of hydrogen-bond acceptors (Lipinski definition) is 8. The summed E-state index contributed by atoms with van der Waals surface area (Å²) in [6, 6.07) is 6.19. The number of phenolic OH excluding ortho intramolecular Hbond substituents is 1. The van der Waals surface area contributed by atoms with Crippen LogP contribution < -0.4 is 4.74 Å². The average molecular weight is 429 g/mol. The molecule has 0 unspecified atom stereocenters. The minimum absolute atomic E-state index is 0.00174. The molecule has 0 spiro atoms. The van der Waals surface area contributed by atoms with Crippen molar-refractivity contribution in [2.24, 2.45) is 0 Å². The van der Waals surface area contributed by atoms with Crippen molar-refractivity contribution in [2.45, 2.75) is 13.0 Å². The maximum atomic E-state index is 12.7. The lowest BCUT2D eigenvalue weighted by atomic mass is 10.1. The number of ether oxygens (including phenoxy) is 2. The summed E-state index contributed by atoms with van der Waals surface area (Å²) >= 11 is 0.792. The molecule has 1 aliphatic heterocycles. The number of carbonyl (C=O) groups excluding carboxylic acids is 3. The van der Waals surface area contributed by atoms with Gasteiger partial charge in [0.2, 0.25) is 5.76 Å². The summed E-state index contributed by atoms with van der Waals surface area (Å²) in [4.78, 5) is 37.8. The van der Waals surface area contributed by atoms with Gasteiger partial charge in [0, 0.05) is 5.56 Å². The maximum Gasteiger partial charge on any atom is 0.373 e. The molecule has 3 rings (SSSR count). The van der Waals surface area contributed by atoms with E-state index in [2.05, 4.69) is 11.3 Å². The molecular weight excluding hydrogens is 410 g/mol. The molecule has 2 aromatic rings. The number of imide groups is 1. The molecular formula is C21H19NO7S. The molecule has 0 bridgehead atoms. The van der Waals surface area contributed by atoms with E-state index < -0.39 is 17.1 Å². The fourth-order valence-corrected chi connectivity index (χ4v) is 3.69. The lowest BCUT2D eigenvalue weighted by Crippen LogP contribution is -2.27. The van der Waals surface area contributed by atoms with Crippen LogP contribution in [0.25, 0.3) is 6.08 Å². The van der Waals surface area contributed by atoms with Crippen LogP contribution in [0.2, 0.25) is 0 Å². The van der Waals surface area contributed by atoms with E-state index in [9.17, 15) is 19.5 Å². The highest BCUT2D eigenvalue weighted by Gasteiger charge is 2.36. The lowest BCUT2D eigenvalue weighted by molar-refractivity contribution is -0.123. The van der Waals surface area contributed by atoms with Crippen molar-refractivity contribution in [2.75, 3.05) is 14.2 Å². The van der Waals surface area contributed by atoms with Gasteiger partial charge in [0.25, 0.3) is 11.1 Å². The summed E-state index contributed by atoms with van der Waals surface area (Å²) in [7, 11) is 2.65. The molecule has 8 nitrogen and oxygen atoms in total. The number of carbonyl (C=O) groups is 3. The van der Waals surface area contributed by atoms with Crippen molar-refractivity contribution in [1.82, 2.24) is 4.90 Å². The zero-order valence-corrected chi connectivity index (χ0v) is 17.2. The number of allylic oxidation sites excluding steroid dienone is 1. The molecule has 1 aromatic heterocycles. The van der Waals surface area contributed by atoms with Crippen LogP contribution in [-0.4, -0.2) is 41.3 Å². The van der Waals surface area contributed by atoms with E-state index in [0.717, 1.165) is 16.7 Å². The topological polar surface area (TPSA) is 106 Å². The van der Waals surface area contributed by atoms with Gasteiger partial charge in [0.1, 0.15) is 5.76 Å². The average Bonchev–Trinajstić information content (AvgIpc) is 3.30. The van der Waals surface area contributed by atoms with Crippen LogP contribution in [0, 0.1) is 0 Å². The first-order valence-electron chi connectivity index (χ1n) is 8.81. The molecule has 30 heavy (non-hydrogen) atoms. The summed E-state index contributed by atoms with van der Waals surface area (Å²) < 4.78 is 15.1. The van der Waals surface area contributed by atoms with Gasteiger partial charge in [-0.2, -0.15) is 0 Å². The fraction of sp³-hybridized carbons (Fsp3) is 0.190.